The third-order valence-corrected chi connectivity index (χ3v) is 7.86. The minimum absolute atomic E-state index is 0.453. The molecule has 3 heteroatoms. The van der Waals surface area contributed by atoms with Crippen molar-refractivity contribution < 1.29 is 0 Å². The van der Waals surface area contributed by atoms with Crippen LogP contribution in [0.1, 0.15) is 17.5 Å². The number of hydrogen-bond donors (Lipinski definition) is 0. The van der Waals surface area contributed by atoms with Crippen molar-refractivity contribution in [1.29, 1.82) is 0 Å². The molecule has 0 aliphatic heterocycles. The van der Waals surface area contributed by atoms with Crippen molar-refractivity contribution in [2.24, 2.45) is 0 Å². The number of benzene rings is 4. The zero-order valence-corrected chi connectivity index (χ0v) is 19.8. The largest absolute Gasteiger partial charge is 0.295 e. The fourth-order valence-electron chi connectivity index (χ4n) is 3.63. The second kappa shape index (κ2) is 12.5. The molecule has 0 bridgehead atoms. The van der Waals surface area contributed by atoms with Gasteiger partial charge in [-0.05, 0) is 41.8 Å². The summed E-state index contributed by atoms with van der Waals surface area (Å²) in [7, 11) is 0. The van der Waals surface area contributed by atoms with Gasteiger partial charge in [-0.25, -0.2) is 0 Å². The molecule has 0 atom stereocenters. The van der Waals surface area contributed by atoms with E-state index in [9.17, 15) is 0 Å². The molecular weight excluding hydrogens is 426 g/mol. The van der Waals surface area contributed by atoms with Crippen LogP contribution in [0, 0.1) is 0 Å². The molecule has 4 aromatic carbocycles. The molecule has 0 aliphatic carbocycles. The van der Waals surface area contributed by atoms with Gasteiger partial charge in [0, 0.05) is 29.4 Å². The van der Waals surface area contributed by atoms with Crippen molar-refractivity contribution in [3.63, 3.8) is 0 Å². The standard InChI is InChI=1S/C29H29NS2/c1-5-13-25(14-6-1)23-30(24-26-15-7-2-8-16-26)22-21-29(31-27-17-9-3-10-18-27)32-28-19-11-4-12-20-28/h1-20,29H,21-24H2. The van der Waals surface area contributed by atoms with E-state index in [1.54, 1.807) is 0 Å². The molecule has 0 aliphatic rings. The van der Waals surface area contributed by atoms with E-state index in [1.807, 2.05) is 23.5 Å². The summed E-state index contributed by atoms with van der Waals surface area (Å²) in [4.78, 5) is 5.24. The first-order chi connectivity index (χ1) is 15.8. The molecule has 4 aromatic rings. The number of thioether (sulfide) groups is 2. The van der Waals surface area contributed by atoms with Gasteiger partial charge in [0.25, 0.3) is 0 Å². The summed E-state index contributed by atoms with van der Waals surface area (Å²) in [5.74, 6) is 0. The van der Waals surface area contributed by atoms with Gasteiger partial charge in [-0.2, -0.15) is 0 Å². The molecule has 0 amide bonds. The lowest BCUT2D eigenvalue weighted by atomic mass is 10.1. The first-order valence-corrected chi connectivity index (χ1v) is 12.8. The van der Waals surface area contributed by atoms with E-state index in [0.717, 1.165) is 26.1 Å². The lowest BCUT2D eigenvalue weighted by Crippen LogP contribution is -2.25. The predicted octanol–water partition coefficient (Wildman–Crippen LogP) is 7.99. The molecule has 0 aromatic heterocycles. The maximum absolute atomic E-state index is 2.58. The average molecular weight is 456 g/mol. The van der Waals surface area contributed by atoms with E-state index in [-0.39, 0.29) is 0 Å². The van der Waals surface area contributed by atoms with Gasteiger partial charge in [0.2, 0.25) is 0 Å². The summed E-state index contributed by atoms with van der Waals surface area (Å²) in [6, 6.07) is 43.2. The fourth-order valence-corrected chi connectivity index (χ4v) is 6.17. The van der Waals surface area contributed by atoms with E-state index < -0.39 is 0 Å². The van der Waals surface area contributed by atoms with Gasteiger partial charge in [-0.15, -0.1) is 23.5 Å². The van der Waals surface area contributed by atoms with E-state index >= 15 is 0 Å². The van der Waals surface area contributed by atoms with E-state index in [4.69, 9.17) is 0 Å². The molecule has 162 valence electrons. The Morgan fingerprint density at radius 3 is 1.28 bits per heavy atom. The van der Waals surface area contributed by atoms with Crippen LogP contribution >= 0.6 is 23.5 Å². The Hall–Kier alpha value is -2.46. The van der Waals surface area contributed by atoms with Gasteiger partial charge in [-0.1, -0.05) is 97.1 Å². The van der Waals surface area contributed by atoms with E-state index in [2.05, 4.69) is 126 Å². The summed E-state index contributed by atoms with van der Waals surface area (Å²) in [5.41, 5.74) is 2.73. The van der Waals surface area contributed by atoms with Crippen LogP contribution in [0.4, 0.5) is 0 Å². The first kappa shape index (κ1) is 22.7. The lowest BCUT2D eigenvalue weighted by molar-refractivity contribution is 0.257. The van der Waals surface area contributed by atoms with Crippen LogP contribution < -0.4 is 0 Å². The van der Waals surface area contributed by atoms with Gasteiger partial charge in [0.1, 0.15) is 0 Å². The second-order valence-electron chi connectivity index (χ2n) is 7.76. The van der Waals surface area contributed by atoms with Gasteiger partial charge >= 0.3 is 0 Å². The van der Waals surface area contributed by atoms with Crippen LogP contribution in [-0.2, 0) is 13.1 Å². The molecular formula is C29H29NS2. The Morgan fingerprint density at radius 1 is 0.500 bits per heavy atom. The van der Waals surface area contributed by atoms with Crippen LogP contribution in [0.2, 0.25) is 0 Å². The van der Waals surface area contributed by atoms with Gasteiger partial charge in [0.05, 0.1) is 4.58 Å². The molecule has 0 heterocycles. The van der Waals surface area contributed by atoms with Gasteiger partial charge in [-0.3, -0.25) is 4.90 Å². The highest BCUT2D eigenvalue weighted by Crippen LogP contribution is 2.37. The van der Waals surface area contributed by atoms with Crippen LogP contribution in [0.25, 0.3) is 0 Å². The molecule has 1 nitrogen and oxygen atoms in total. The summed E-state index contributed by atoms with van der Waals surface area (Å²) in [5, 5.41) is 0. The van der Waals surface area contributed by atoms with E-state index in [0.29, 0.717) is 4.58 Å². The molecule has 0 unspecified atom stereocenters. The smallest absolute Gasteiger partial charge is 0.0609 e. The summed E-state index contributed by atoms with van der Waals surface area (Å²) in [6.45, 7) is 2.98. The normalized spacial score (nSPS) is 11.2. The Balaban J connectivity index is 1.47. The van der Waals surface area contributed by atoms with Gasteiger partial charge in [0.15, 0.2) is 0 Å². The zero-order chi connectivity index (χ0) is 21.8. The summed E-state index contributed by atoms with van der Waals surface area (Å²) >= 11 is 3.95. The second-order valence-corrected chi connectivity index (χ2v) is 10.6. The summed E-state index contributed by atoms with van der Waals surface area (Å²) in [6.07, 6.45) is 1.11. The van der Waals surface area contributed by atoms with Crippen molar-refractivity contribution in [3.8, 4) is 0 Å². The Labute approximate surface area is 200 Å². The van der Waals surface area contributed by atoms with Crippen molar-refractivity contribution >= 4 is 23.5 Å². The van der Waals surface area contributed by atoms with Crippen molar-refractivity contribution in [3.05, 3.63) is 132 Å². The Bertz CT molecular complexity index is 854. The first-order valence-electron chi connectivity index (χ1n) is 11.1. The number of nitrogens with zero attached hydrogens (tertiary/aromatic N) is 1. The molecule has 4 rings (SSSR count). The van der Waals surface area contributed by atoms with Crippen LogP contribution in [0.5, 0.6) is 0 Å². The van der Waals surface area contributed by atoms with Crippen LogP contribution in [-0.4, -0.2) is 16.0 Å². The van der Waals surface area contributed by atoms with Crippen LogP contribution in [0.3, 0.4) is 0 Å². The number of hydrogen-bond acceptors (Lipinski definition) is 3. The molecule has 0 saturated heterocycles. The van der Waals surface area contributed by atoms with Crippen molar-refractivity contribution in [1.82, 2.24) is 4.90 Å². The topological polar surface area (TPSA) is 3.24 Å². The molecule has 0 radical (unpaired) electrons. The highest BCUT2D eigenvalue weighted by molar-refractivity contribution is 8.17. The minimum atomic E-state index is 0.453. The minimum Gasteiger partial charge on any atom is -0.295 e. The quantitative estimate of drug-likeness (QED) is 0.167. The van der Waals surface area contributed by atoms with Crippen molar-refractivity contribution in [2.45, 2.75) is 33.9 Å². The molecule has 0 spiro atoms. The fraction of sp³-hybridized carbons (Fsp3) is 0.172. The maximum Gasteiger partial charge on any atom is 0.0609 e. The Kier molecular flexibility index (Phi) is 8.91. The lowest BCUT2D eigenvalue weighted by Gasteiger charge is -2.25. The predicted molar refractivity (Wildman–Crippen MR) is 140 cm³/mol. The summed E-state index contributed by atoms with van der Waals surface area (Å²) < 4.78 is 0.453. The highest BCUT2D eigenvalue weighted by atomic mass is 32.2. The molecule has 0 fully saturated rings. The zero-order valence-electron chi connectivity index (χ0n) is 18.2. The van der Waals surface area contributed by atoms with E-state index in [1.165, 1.54) is 20.9 Å². The Morgan fingerprint density at radius 2 is 0.875 bits per heavy atom. The van der Waals surface area contributed by atoms with Crippen molar-refractivity contribution in [2.75, 3.05) is 6.54 Å². The molecule has 32 heavy (non-hydrogen) atoms. The molecule has 0 saturated carbocycles. The molecule has 0 N–H and O–H groups in total. The van der Waals surface area contributed by atoms with Gasteiger partial charge < -0.3 is 0 Å². The third-order valence-electron chi connectivity index (χ3n) is 5.20. The monoisotopic (exact) mass is 455 g/mol. The average Bonchev–Trinajstić information content (AvgIpc) is 2.85. The number of rotatable bonds is 11. The third kappa shape index (κ3) is 7.59. The van der Waals surface area contributed by atoms with Crippen LogP contribution in [0.15, 0.2) is 131 Å². The maximum atomic E-state index is 2.58. The SMILES string of the molecule is c1ccc(CN(CCC(Sc2ccccc2)Sc2ccccc2)Cc2ccccc2)cc1. The highest BCUT2D eigenvalue weighted by Gasteiger charge is 2.16.